The molecule has 30 heavy (non-hydrogen) atoms. The number of imide groups is 1. The zero-order chi connectivity index (χ0) is 21.3. The number of nitrogens with zero attached hydrogens (tertiary/aromatic N) is 1. The van der Waals surface area contributed by atoms with Crippen molar-refractivity contribution >= 4 is 29.1 Å². The first-order valence-electron chi connectivity index (χ1n) is 9.14. The third kappa shape index (κ3) is 3.26. The predicted octanol–water partition coefficient (Wildman–Crippen LogP) is 3.76. The standard InChI is InChI=1S/C23H18N2O5/c1-29-16-7-5-6-14(12-16)21(26)24-15-10-11-19(20(13-15)30-2)25-22(27)17-8-3-4-9-18(17)23(25)28/h3-13H,1-2H3,(H,24,26). The minimum absolute atomic E-state index is 0.285. The number of carbonyl (C=O) groups is 3. The molecular formula is C23H18N2O5. The second kappa shape index (κ2) is 7.71. The number of hydrogen-bond acceptors (Lipinski definition) is 5. The van der Waals surface area contributed by atoms with Gasteiger partial charge in [0, 0.05) is 17.3 Å². The zero-order valence-corrected chi connectivity index (χ0v) is 16.3. The number of nitrogens with one attached hydrogen (secondary N) is 1. The third-order valence-electron chi connectivity index (χ3n) is 4.80. The van der Waals surface area contributed by atoms with Crippen LogP contribution in [0.3, 0.4) is 0 Å². The van der Waals surface area contributed by atoms with Gasteiger partial charge in [0.05, 0.1) is 31.0 Å². The molecule has 0 saturated heterocycles. The summed E-state index contributed by atoms with van der Waals surface area (Å²) in [7, 11) is 2.96. The number of carbonyl (C=O) groups excluding carboxylic acids is 3. The molecule has 0 atom stereocenters. The molecule has 0 saturated carbocycles. The van der Waals surface area contributed by atoms with Crippen LogP contribution in [-0.2, 0) is 0 Å². The van der Waals surface area contributed by atoms with E-state index in [-0.39, 0.29) is 11.7 Å². The second-order valence-corrected chi connectivity index (χ2v) is 6.56. The minimum Gasteiger partial charge on any atom is -0.497 e. The quantitative estimate of drug-likeness (QED) is 0.657. The molecule has 3 aromatic carbocycles. The molecule has 0 fully saturated rings. The Balaban J connectivity index is 1.62. The van der Waals surface area contributed by atoms with Crippen LogP contribution in [0.1, 0.15) is 31.1 Å². The Labute approximate surface area is 172 Å². The lowest BCUT2D eigenvalue weighted by atomic mass is 10.1. The number of amides is 3. The summed E-state index contributed by atoms with van der Waals surface area (Å²) in [6.45, 7) is 0. The Kier molecular flexibility index (Phi) is 4.93. The number of fused-ring (bicyclic) bond motifs is 1. The highest BCUT2D eigenvalue weighted by molar-refractivity contribution is 6.34. The van der Waals surface area contributed by atoms with E-state index in [1.807, 2.05) is 0 Å². The van der Waals surface area contributed by atoms with Crippen molar-refractivity contribution in [3.8, 4) is 11.5 Å². The molecule has 0 radical (unpaired) electrons. The normalized spacial score (nSPS) is 12.5. The molecule has 0 unspecified atom stereocenters. The van der Waals surface area contributed by atoms with Crippen LogP contribution in [0.2, 0.25) is 0 Å². The van der Waals surface area contributed by atoms with E-state index in [1.54, 1.807) is 66.7 Å². The minimum atomic E-state index is -0.415. The van der Waals surface area contributed by atoms with Crippen LogP contribution >= 0.6 is 0 Å². The van der Waals surface area contributed by atoms with E-state index >= 15 is 0 Å². The van der Waals surface area contributed by atoms with Crippen LogP contribution < -0.4 is 19.7 Å². The van der Waals surface area contributed by atoms with Gasteiger partial charge in [-0.25, -0.2) is 4.90 Å². The Morgan fingerprint density at radius 1 is 0.833 bits per heavy atom. The van der Waals surface area contributed by atoms with Gasteiger partial charge in [0.2, 0.25) is 0 Å². The first-order valence-corrected chi connectivity index (χ1v) is 9.14. The molecule has 0 aromatic heterocycles. The van der Waals surface area contributed by atoms with Crippen LogP contribution in [0, 0.1) is 0 Å². The summed E-state index contributed by atoms with van der Waals surface area (Å²) in [6, 6.07) is 18.2. The van der Waals surface area contributed by atoms with Crippen molar-refractivity contribution in [3.63, 3.8) is 0 Å². The van der Waals surface area contributed by atoms with Gasteiger partial charge in [-0.05, 0) is 42.5 Å². The lowest BCUT2D eigenvalue weighted by Crippen LogP contribution is -2.29. The van der Waals surface area contributed by atoms with E-state index in [9.17, 15) is 14.4 Å². The number of rotatable bonds is 5. The largest absolute Gasteiger partial charge is 0.497 e. The maximum Gasteiger partial charge on any atom is 0.266 e. The molecule has 7 nitrogen and oxygen atoms in total. The van der Waals surface area contributed by atoms with E-state index in [0.717, 1.165) is 4.90 Å². The van der Waals surface area contributed by atoms with Gasteiger partial charge in [-0.15, -0.1) is 0 Å². The number of anilines is 2. The van der Waals surface area contributed by atoms with Crippen LogP contribution in [-0.4, -0.2) is 31.9 Å². The van der Waals surface area contributed by atoms with Gasteiger partial charge in [0.1, 0.15) is 11.5 Å². The second-order valence-electron chi connectivity index (χ2n) is 6.56. The molecule has 7 heteroatoms. The summed E-state index contributed by atoms with van der Waals surface area (Å²) in [5.41, 5.74) is 1.89. The fourth-order valence-electron chi connectivity index (χ4n) is 3.32. The molecule has 3 amide bonds. The first kappa shape index (κ1) is 19.2. The summed E-state index contributed by atoms with van der Waals surface area (Å²) in [5, 5.41) is 2.78. The Bertz CT molecular complexity index is 1140. The Hall–Kier alpha value is -4.13. The van der Waals surface area contributed by atoms with E-state index in [0.29, 0.717) is 33.8 Å². The van der Waals surface area contributed by atoms with Gasteiger partial charge in [-0.1, -0.05) is 18.2 Å². The van der Waals surface area contributed by atoms with Crippen molar-refractivity contribution in [1.82, 2.24) is 0 Å². The van der Waals surface area contributed by atoms with Crippen molar-refractivity contribution in [2.45, 2.75) is 0 Å². The molecule has 4 rings (SSSR count). The Morgan fingerprint density at radius 3 is 2.17 bits per heavy atom. The van der Waals surface area contributed by atoms with Crippen LogP contribution in [0.25, 0.3) is 0 Å². The average molecular weight is 402 g/mol. The monoisotopic (exact) mass is 402 g/mol. The number of ether oxygens (including phenoxy) is 2. The maximum absolute atomic E-state index is 12.8. The van der Waals surface area contributed by atoms with Crippen LogP contribution in [0.4, 0.5) is 11.4 Å². The van der Waals surface area contributed by atoms with Gasteiger partial charge < -0.3 is 14.8 Å². The molecule has 1 aliphatic rings. The van der Waals surface area contributed by atoms with Gasteiger partial charge in [-0.3, -0.25) is 14.4 Å². The average Bonchev–Trinajstić information content (AvgIpc) is 3.04. The number of benzene rings is 3. The van der Waals surface area contributed by atoms with E-state index in [4.69, 9.17) is 9.47 Å². The molecular weight excluding hydrogens is 384 g/mol. The van der Waals surface area contributed by atoms with Gasteiger partial charge in [-0.2, -0.15) is 0 Å². The lowest BCUT2D eigenvalue weighted by Gasteiger charge is -2.18. The SMILES string of the molecule is COc1cccc(C(=O)Nc2ccc(N3C(=O)c4ccccc4C3=O)c(OC)c2)c1. The smallest absolute Gasteiger partial charge is 0.266 e. The fourth-order valence-corrected chi connectivity index (χ4v) is 3.32. The highest BCUT2D eigenvalue weighted by Crippen LogP contribution is 2.36. The van der Waals surface area contributed by atoms with E-state index in [2.05, 4.69) is 5.32 Å². The summed E-state index contributed by atoms with van der Waals surface area (Å²) in [6.07, 6.45) is 0. The van der Waals surface area contributed by atoms with Crippen molar-refractivity contribution in [2.75, 3.05) is 24.4 Å². The van der Waals surface area contributed by atoms with Gasteiger partial charge in [0.25, 0.3) is 17.7 Å². The van der Waals surface area contributed by atoms with Crippen LogP contribution in [0.15, 0.2) is 66.7 Å². The fraction of sp³-hybridized carbons (Fsp3) is 0.0870. The summed E-state index contributed by atoms with van der Waals surface area (Å²) >= 11 is 0. The van der Waals surface area contributed by atoms with Crippen LogP contribution in [0.5, 0.6) is 11.5 Å². The summed E-state index contributed by atoms with van der Waals surface area (Å²) < 4.78 is 10.5. The molecule has 1 N–H and O–H groups in total. The van der Waals surface area contributed by atoms with Crippen molar-refractivity contribution in [1.29, 1.82) is 0 Å². The van der Waals surface area contributed by atoms with E-state index in [1.165, 1.54) is 14.2 Å². The van der Waals surface area contributed by atoms with Crippen molar-refractivity contribution in [2.24, 2.45) is 0 Å². The molecule has 0 bridgehead atoms. The topological polar surface area (TPSA) is 84.9 Å². The molecule has 0 aliphatic carbocycles. The maximum atomic E-state index is 12.8. The lowest BCUT2D eigenvalue weighted by molar-refractivity contribution is 0.0923. The Morgan fingerprint density at radius 2 is 1.53 bits per heavy atom. The van der Waals surface area contributed by atoms with Gasteiger partial charge >= 0.3 is 0 Å². The molecule has 1 heterocycles. The van der Waals surface area contributed by atoms with Crippen molar-refractivity contribution in [3.05, 3.63) is 83.4 Å². The zero-order valence-electron chi connectivity index (χ0n) is 16.3. The van der Waals surface area contributed by atoms with E-state index < -0.39 is 11.8 Å². The van der Waals surface area contributed by atoms with Crippen molar-refractivity contribution < 1.29 is 23.9 Å². The predicted molar refractivity (Wildman–Crippen MR) is 112 cm³/mol. The molecule has 150 valence electrons. The van der Waals surface area contributed by atoms with Gasteiger partial charge in [0.15, 0.2) is 0 Å². The number of methoxy groups -OCH3 is 2. The summed E-state index contributed by atoms with van der Waals surface area (Å²) in [5.74, 6) is -0.303. The highest BCUT2D eigenvalue weighted by Gasteiger charge is 2.37. The number of hydrogen-bond donors (Lipinski definition) is 1. The first-order chi connectivity index (χ1) is 14.5. The molecule has 1 aliphatic heterocycles. The third-order valence-corrected chi connectivity index (χ3v) is 4.80. The molecule has 3 aromatic rings. The highest BCUT2D eigenvalue weighted by atomic mass is 16.5. The molecule has 0 spiro atoms. The summed E-state index contributed by atoms with van der Waals surface area (Å²) in [4.78, 5) is 39.1.